The lowest BCUT2D eigenvalue weighted by molar-refractivity contribution is 0.203. The number of rotatable bonds is 1. The molecular weight excluding hydrogens is 156 g/mol. The smallest absolute Gasteiger partial charge is 0.411 e. The summed E-state index contributed by atoms with van der Waals surface area (Å²) in [6.45, 7) is 0. The molecule has 12 heavy (non-hydrogen) atoms. The van der Waals surface area contributed by atoms with Gasteiger partial charge in [0.15, 0.2) is 0 Å². The number of hydrogen-bond donors (Lipinski definition) is 2. The number of benzene rings is 1. The number of amides is 1. The molecule has 0 heterocycles. The number of hydrogen-bond acceptors (Lipinski definition) is 2. The van der Waals surface area contributed by atoms with Gasteiger partial charge in [0.25, 0.3) is 0 Å². The molecule has 1 aromatic carbocycles. The van der Waals surface area contributed by atoms with E-state index in [-0.39, 0.29) is 0 Å². The normalized spacial score (nSPS) is 9.42. The topological polar surface area (TPSA) is 66.6 Å². The van der Waals surface area contributed by atoms with Crippen LogP contribution in [-0.2, 0) is 0 Å². The van der Waals surface area contributed by atoms with Crippen LogP contribution in [0.25, 0.3) is 0 Å². The van der Waals surface area contributed by atoms with Crippen LogP contribution in [0.15, 0.2) is 24.3 Å². The van der Waals surface area contributed by atoms with Gasteiger partial charge in [0.1, 0.15) is 0 Å². The molecule has 1 amide bonds. The summed E-state index contributed by atoms with van der Waals surface area (Å²) in [5.41, 5.74) is 6.60. The Hall–Kier alpha value is -1.71. The first kappa shape index (κ1) is 8.39. The standard InChI is InChI=1S/C8H10N2O2/c1-10(8(11)12)7-4-2-3-6(9)5-7/h2-5H,9H2,1H3,(H,11,12). The first-order valence-electron chi connectivity index (χ1n) is 3.43. The van der Waals surface area contributed by atoms with Crippen LogP contribution in [-0.4, -0.2) is 18.2 Å². The molecule has 0 aliphatic carbocycles. The Morgan fingerprint density at radius 3 is 2.75 bits per heavy atom. The zero-order valence-electron chi connectivity index (χ0n) is 6.69. The van der Waals surface area contributed by atoms with Gasteiger partial charge >= 0.3 is 6.09 Å². The summed E-state index contributed by atoms with van der Waals surface area (Å²) < 4.78 is 0. The Morgan fingerprint density at radius 2 is 2.25 bits per heavy atom. The third-order valence-corrected chi connectivity index (χ3v) is 1.54. The van der Waals surface area contributed by atoms with E-state index in [1.165, 1.54) is 7.05 Å². The van der Waals surface area contributed by atoms with E-state index in [1.807, 2.05) is 0 Å². The van der Waals surface area contributed by atoms with Crippen LogP contribution in [0.2, 0.25) is 0 Å². The molecule has 4 nitrogen and oxygen atoms in total. The van der Waals surface area contributed by atoms with Gasteiger partial charge in [0, 0.05) is 18.4 Å². The van der Waals surface area contributed by atoms with Gasteiger partial charge in [-0.05, 0) is 18.2 Å². The van der Waals surface area contributed by atoms with Crippen LogP contribution in [0.5, 0.6) is 0 Å². The molecular formula is C8H10N2O2. The molecule has 0 aliphatic rings. The molecule has 3 N–H and O–H groups in total. The van der Waals surface area contributed by atoms with Gasteiger partial charge in [-0.25, -0.2) is 4.79 Å². The summed E-state index contributed by atoms with van der Waals surface area (Å²) in [6.07, 6.45) is -0.999. The van der Waals surface area contributed by atoms with Crippen molar-refractivity contribution in [2.24, 2.45) is 0 Å². The Bertz CT molecular complexity index is 299. The molecule has 1 rings (SSSR count). The molecule has 0 saturated carbocycles. The minimum Gasteiger partial charge on any atom is -0.465 e. The fourth-order valence-corrected chi connectivity index (χ4v) is 0.844. The summed E-state index contributed by atoms with van der Waals surface area (Å²) in [5.74, 6) is 0. The zero-order valence-corrected chi connectivity index (χ0v) is 6.69. The highest BCUT2D eigenvalue weighted by molar-refractivity contribution is 5.85. The van der Waals surface area contributed by atoms with Gasteiger partial charge in [-0.2, -0.15) is 0 Å². The number of carboxylic acid groups (broad SMARTS) is 1. The summed E-state index contributed by atoms with van der Waals surface area (Å²) in [5, 5.41) is 8.61. The fraction of sp³-hybridized carbons (Fsp3) is 0.125. The molecule has 0 bridgehead atoms. The zero-order chi connectivity index (χ0) is 9.14. The van der Waals surface area contributed by atoms with E-state index >= 15 is 0 Å². The number of nitrogens with two attached hydrogens (primary N) is 1. The summed E-state index contributed by atoms with van der Waals surface area (Å²) >= 11 is 0. The van der Waals surface area contributed by atoms with E-state index in [9.17, 15) is 4.79 Å². The molecule has 64 valence electrons. The van der Waals surface area contributed by atoms with E-state index in [0.29, 0.717) is 11.4 Å². The van der Waals surface area contributed by atoms with Crippen molar-refractivity contribution >= 4 is 17.5 Å². The molecule has 4 heteroatoms. The molecule has 0 radical (unpaired) electrons. The maximum Gasteiger partial charge on any atom is 0.411 e. The van der Waals surface area contributed by atoms with Crippen molar-refractivity contribution in [2.45, 2.75) is 0 Å². The summed E-state index contributed by atoms with van der Waals surface area (Å²) in [6, 6.07) is 6.71. The summed E-state index contributed by atoms with van der Waals surface area (Å²) in [4.78, 5) is 11.6. The number of anilines is 2. The minimum atomic E-state index is -0.999. The van der Waals surface area contributed by atoms with Crippen molar-refractivity contribution in [3.05, 3.63) is 24.3 Å². The van der Waals surface area contributed by atoms with Gasteiger partial charge < -0.3 is 10.8 Å². The van der Waals surface area contributed by atoms with Crippen LogP contribution in [0.3, 0.4) is 0 Å². The second-order valence-electron chi connectivity index (χ2n) is 2.44. The quantitative estimate of drug-likeness (QED) is 0.619. The predicted octanol–water partition coefficient (Wildman–Crippen LogP) is 1.38. The van der Waals surface area contributed by atoms with Crippen molar-refractivity contribution in [3.63, 3.8) is 0 Å². The van der Waals surface area contributed by atoms with Crippen molar-refractivity contribution < 1.29 is 9.90 Å². The van der Waals surface area contributed by atoms with Gasteiger partial charge in [-0.1, -0.05) is 6.07 Å². The maximum atomic E-state index is 10.5. The average molecular weight is 166 g/mol. The second-order valence-corrected chi connectivity index (χ2v) is 2.44. The Morgan fingerprint density at radius 1 is 1.58 bits per heavy atom. The SMILES string of the molecule is CN(C(=O)O)c1cccc(N)c1. The predicted molar refractivity (Wildman–Crippen MR) is 47.3 cm³/mol. The van der Waals surface area contributed by atoms with Gasteiger partial charge in [-0.3, -0.25) is 4.90 Å². The number of carbonyl (C=O) groups is 1. The first-order valence-corrected chi connectivity index (χ1v) is 3.43. The lowest BCUT2D eigenvalue weighted by atomic mass is 10.3. The van der Waals surface area contributed by atoms with Crippen LogP contribution in [0.1, 0.15) is 0 Å². The maximum absolute atomic E-state index is 10.5. The molecule has 0 aromatic heterocycles. The third kappa shape index (κ3) is 1.66. The Labute approximate surface area is 70.2 Å². The Balaban J connectivity index is 2.95. The average Bonchev–Trinajstić information content (AvgIpc) is 2.03. The number of nitrogen functional groups attached to an aromatic ring is 1. The van der Waals surface area contributed by atoms with Gasteiger partial charge in [0.2, 0.25) is 0 Å². The van der Waals surface area contributed by atoms with Crippen molar-refractivity contribution in [1.29, 1.82) is 0 Å². The lowest BCUT2D eigenvalue weighted by Crippen LogP contribution is -2.23. The first-order chi connectivity index (χ1) is 5.61. The molecule has 0 aliphatic heterocycles. The van der Waals surface area contributed by atoms with Gasteiger partial charge in [-0.15, -0.1) is 0 Å². The van der Waals surface area contributed by atoms with E-state index in [2.05, 4.69) is 0 Å². The lowest BCUT2D eigenvalue weighted by Gasteiger charge is -2.12. The molecule has 0 saturated heterocycles. The second kappa shape index (κ2) is 3.13. The van der Waals surface area contributed by atoms with E-state index in [0.717, 1.165) is 4.90 Å². The highest BCUT2D eigenvalue weighted by atomic mass is 16.4. The van der Waals surface area contributed by atoms with Crippen LogP contribution < -0.4 is 10.6 Å². The van der Waals surface area contributed by atoms with Crippen LogP contribution in [0, 0.1) is 0 Å². The fourth-order valence-electron chi connectivity index (χ4n) is 0.844. The van der Waals surface area contributed by atoms with Gasteiger partial charge in [0.05, 0.1) is 0 Å². The van der Waals surface area contributed by atoms with E-state index in [1.54, 1.807) is 24.3 Å². The van der Waals surface area contributed by atoms with Crippen molar-refractivity contribution in [3.8, 4) is 0 Å². The van der Waals surface area contributed by atoms with Crippen LogP contribution >= 0.6 is 0 Å². The van der Waals surface area contributed by atoms with E-state index < -0.39 is 6.09 Å². The Kier molecular flexibility index (Phi) is 2.19. The highest BCUT2D eigenvalue weighted by Gasteiger charge is 2.06. The monoisotopic (exact) mass is 166 g/mol. The summed E-state index contributed by atoms with van der Waals surface area (Å²) in [7, 11) is 1.47. The third-order valence-electron chi connectivity index (χ3n) is 1.54. The van der Waals surface area contributed by atoms with E-state index in [4.69, 9.17) is 10.8 Å². The molecule has 0 spiro atoms. The van der Waals surface area contributed by atoms with Crippen molar-refractivity contribution in [1.82, 2.24) is 0 Å². The van der Waals surface area contributed by atoms with Crippen molar-refractivity contribution in [2.75, 3.05) is 17.7 Å². The minimum absolute atomic E-state index is 0.556. The van der Waals surface area contributed by atoms with Crippen LogP contribution in [0.4, 0.5) is 16.2 Å². The molecule has 1 aromatic rings. The molecule has 0 atom stereocenters. The molecule has 0 unspecified atom stereocenters. The molecule has 0 fully saturated rings. The highest BCUT2D eigenvalue weighted by Crippen LogP contribution is 2.15. The largest absolute Gasteiger partial charge is 0.465 e. The number of nitrogens with zero attached hydrogens (tertiary/aromatic N) is 1.